The summed E-state index contributed by atoms with van der Waals surface area (Å²) in [6.45, 7) is 0.658. The largest absolute Gasteiger partial charge is 0.385 e. The number of nitrogens with zero attached hydrogens (tertiary/aromatic N) is 2. The minimum atomic E-state index is -3.87. The maximum absolute atomic E-state index is 13.4. The quantitative estimate of drug-likeness (QED) is 0.740. The molecule has 1 aromatic carbocycles. The molecule has 0 aliphatic carbocycles. The molecule has 0 bridgehead atoms. The first-order valence-corrected chi connectivity index (χ1v) is 7.03. The highest BCUT2D eigenvalue weighted by atomic mass is 32.2. The fourth-order valence-corrected chi connectivity index (χ4v) is 2.90. The van der Waals surface area contributed by atoms with Crippen molar-refractivity contribution >= 4 is 10.0 Å². The van der Waals surface area contributed by atoms with Crippen molar-refractivity contribution in [1.82, 2.24) is 4.31 Å². The van der Waals surface area contributed by atoms with Gasteiger partial charge in [0.1, 0.15) is 22.3 Å². The van der Waals surface area contributed by atoms with Crippen LogP contribution in [-0.4, -0.2) is 40.0 Å². The second-order valence-corrected chi connectivity index (χ2v) is 5.91. The van der Waals surface area contributed by atoms with E-state index in [-0.39, 0.29) is 11.4 Å². The molecule has 0 saturated heterocycles. The van der Waals surface area contributed by atoms with Gasteiger partial charge in [-0.05, 0) is 18.6 Å². The molecule has 104 valence electrons. The van der Waals surface area contributed by atoms with Crippen LogP contribution in [0.25, 0.3) is 0 Å². The third kappa shape index (κ3) is 3.50. The third-order valence-corrected chi connectivity index (χ3v) is 4.50. The zero-order valence-corrected chi connectivity index (χ0v) is 11.6. The smallest absolute Gasteiger partial charge is 0.244 e. The Balaban J connectivity index is 3.08. The third-order valence-electron chi connectivity index (χ3n) is 2.60. The summed E-state index contributed by atoms with van der Waals surface area (Å²) in [6, 6.07) is 5.14. The molecule has 7 heteroatoms. The molecule has 0 unspecified atom stereocenters. The van der Waals surface area contributed by atoms with Gasteiger partial charge in [0.15, 0.2) is 0 Å². The number of methoxy groups -OCH3 is 1. The molecule has 0 atom stereocenters. The molecule has 0 N–H and O–H groups in total. The van der Waals surface area contributed by atoms with Crippen molar-refractivity contribution in [3.8, 4) is 6.07 Å². The molecule has 0 saturated carbocycles. The lowest BCUT2D eigenvalue weighted by molar-refractivity contribution is 0.189. The molecule has 0 fully saturated rings. The summed E-state index contributed by atoms with van der Waals surface area (Å²) >= 11 is 0. The highest BCUT2D eigenvalue weighted by Crippen LogP contribution is 2.21. The van der Waals surface area contributed by atoms with Crippen LogP contribution >= 0.6 is 0 Å². The van der Waals surface area contributed by atoms with Gasteiger partial charge in [0.2, 0.25) is 10.0 Å². The molecule has 0 heterocycles. The predicted octanol–water partition coefficient (Wildman–Crippen LogP) is 1.35. The molecular weight excluding hydrogens is 271 g/mol. The number of hydrogen-bond donors (Lipinski definition) is 0. The first kappa shape index (κ1) is 15.6. The lowest BCUT2D eigenvalue weighted by Gasteiger charge is -2.17. The fraction of sp³-hybridized carbons (Fsp3) is 0.417. The Labute approximate surface area is 112 Å². The Morgan fingerprint density at radius 1 is 1.47 bits per heavy atom. The average Bonchev–Trinajstić information content (AvgIpc) is 2.38. The van der Waals surface area contributed by atoms with Gasteiger partial charge in [-0.25, -0.2) is 17.1 Å². The Hall–Kier alpha value is -1.49. The zero-order valence-electron chi connectivity index (χ0n) is 10.8. The highest BCUT2D eigenvalue weighted by molar-refractivity contribution is 7.89. The Morgan fingerprint density at radius 3 is 2.74 bits per heavy atom. The van der Waals surface area contributed by atoms with Crippen LogP contribution in [0.1, 0.15) is 12.0 Å². The van der Waals surface area contributed by atoms with Crippen LogP contribution in [0, 0.1) is 17.1 Å². The summed E-state index contributed by atoms with van der Waals surface area (Å²) < 4.78 is 43.8. The van der Waals surface area contributed by atoms with E-state index in [4.69, 9.17) is 10.00 Å². The van der Waals surface area contributed by atoms with Crippen LogP contribution in [-0.2, 0) is 14.8 Å². The van der Waals surface area contributed by atoms with Crippen molar-refractivity contribution in [2.45, 2.75) is 11.3 Å². The van der Waals surface area contributed by atoms with Gasteiger partial charge in [-0.15, -0.1) is 0 Å². The molecule has 0 radical (unpaired) electrons. The molecule has 1 rings (SSSR count). The second kappa shape index (κ2) is 6.61. The van der Waals surface area contributed by atoms with Gasteiger partial charge in [-0.1, -0.05) is 6.07 Å². The number of nitriles is 1. The Bertz CT molecular complexity index is 581. The topological polar surface area (TPSA) is 70.4 Å². The summed E-state index contributed by atoms with van der Waals surface area (Å²) in [5.41, 5.74) is -0.457. The van der Waals surface area contributed by atoms with Gasteiger partial charge in [-0.3, -0.25) is 0 Å². The number of hydrogen-bond acceptors (Lipinski definition) is 4. The molecule has 0 aliphatic rings. The summed E-state index contributed by atoms with van der Waals surface area (Å²) in [5, 5.41) is 8.87. The number of benzene rings is 1. The van der Waals surface area contributed by atoms with Crippen molar-refractivity contribution in [3.63, 3.8) is 0 Å². The summed E-state index contributed by atoms with van der Waals surface area (Å²) in [5.74, 6) is -0.839. The van der Waals surface area contributed by atoms with E-state index in [2.05, 4.69) is 0 Å². The zero-order chi connectivity index (χ0) is 14.5. The minimum Gasteiger partial charge on any atom is -0.385 e. The molecule has 0 aromatic heterocycles. The normalized spacial score (nSPS) is 11.5. The van der Waals surface area contributed by atoms with E-state index in [0.717, 1.165) is 10.4 Å². The van der Waals surface area contributed by atoms with E-state index >= 15 is 0 Å². The second-order valence-electron chi connectivity index (χ2n) is 3.90. The van der Waals surface area contributed by atoms with E-state index in [1.807, 2.05) is 0 Å². The summed E-state index contributed by atoms with van der Waals surface area (Å²) in [7, 11) is -0.961. The predicted molar refractivity (Wildman–Crippen MR) is 67.4 cm³/mol. The average molecular weight is 286 g/mol. The fourth-order valence-electron chi connectivity index (χ4n) is 1.55. The molecule has 0 amide bonds. The molecular formula is C12H15FN2O3S. The van der Waals surface area contributed by atoms with E-state index in [0.29, 0.717) is 13.0 Å². The van der Waals surface area contributed by atoms with Gasteiger partial charge < -0.3 is 4.74 Å². The van der Waals surface area contributed by atoms with E-state index < -0.39 is 21.4 Å². The molecule has 0 spiro atoms. The van der Waals surface area contributed by atoms with Crippen molar-refractivity contribution in [3.05, 3.63) is 29.6 Å². The molecule has 5 nitrogen and oxygen atoms in total. The highest BCUT2D eigenvalue weighted by Gasteiger charge is 2.25. The van der Waals surface area contributed by atoms with Crippen LogP contribution in [0.15, 0.2) is 23.1 Å². The number of sulfonamides is 1. The maximum Gasteiger partial charge on any atom is 0.244 e. The van der Waals surface area contributed by atoms with Gasteiger partial charge in [0.25, 0.3) is 0 Å². The van der Waals surface area contributed by atoms with Gasteiger partial charge >= 0.3 is 0 Å². The summed E-state index contributed by atoms with van der Waals surface area (Å²) in [6.07, 6.45) is 0.517. The van der Waals surface area contributed by atoms with Crippen LogP contribution in [0.5, 0.6) is 0 Å². The lowest BCUT2D eigenvalue weighted by atomic mass is 10.2. The first-order valence-electron chi connectivity index (χ1n) is 5.59. The Kier molecular flexibility index (Phi) is 5.42. The van der Waals surface area contributed by atoms with E-state index in [9.17, 15) is 12.8 Å². The van der Waals surface area contributed by atoms with Crippen LogP contribution < -0.4 is 0 Å². The lowest BCUT2D eigenvalue weighted by Crippen LogP contribution is -2.29. The van der Waals surface area contributed by atoms with Crippen LogP contribution in [0.4, 0.5) is 4.39 Å². The number of ether oxygens (including phenoxy) is 1. The van der Waals surface area contributed by atoms with Crippen molar-refractivity contribution < 1.29 is 17.5 Å². The van der Waals surface area contributed by atoms with Crippen LogP contribution in [0.3, 0.4) is 0 Å². The van der Waals surface area contributed by atoms with E-state index in [1.165, 1.54) is 26.3 Å². The maximum atomic E-state index is 13.4. The first-order chi connectivity index (χ1) is 8.95. The van der Waals surface area contributed by atoms with Crippen LogP contribution in [0.2, 0.25) is 0 Å². The minimum absolute atomic E-state index is 0.234. The summed E-state index contributed by atoms with van der Waals surface area (Å²) in [4.78, 5) is -0.310. The van der Waals surface area contributed by atoms with Crippen molar-refractivity contribution in [2.75, 3.05) is 27.3 Å². The van der Waals surface area contributed by atoms with Crippen molar-refractivity contribution in [2.24, 2.45) is 0 Å². The van der Waals surface area contributed by atoms with Gasteiger partial charge in [0, 0.05) is 27.3 Å². The SMILES string of the molecule is COCCCN(C)S(=O)(=O)c1cccc(F)c1C#N. The van der Waals surface area contributed by atoms with E-state index in [1.54, 1.807) is 6.07 Å². The van der Waals surface area contributed by atoms with Crippen molar-refractivity contribution in [1.29, 1.82) is 5.26 Å². The van der Waals surface area contributed by atoms with Gasteiger partial charge in [-0.2, -0.15) is 5.26 Å². The Morgan fingerprint density at radius 2 is 2.16 bits per heavy atom. The number of halogens is 1. The molecule has 19 heavy (non-hydrogen) atoms. The molecule has 0 aliphatic heterocycles. The molecule has 1 aromatic rings. The van der Waals surface area contributed by atoms with Gasteiger partial charge in [0.05, 0.1) is 0 Å². The number of rotatable bonds is 6. The monoisotopic (exact) mass is 286 g/mol. The standard InChI is InChI=1S/C12H15FN2O3S/c1-15(7-4-8-18-2)19(16,17)12-6-3-5-11(13)10(12)9-14/h3,5-6H,4,7-8H2,1-2H3.